The molecular weight excluding hydrogens is 635 g/mol. The van der Waals surface area contributed by atoms with Gasteiger partial charge in [0.15, 0.2) is 9.84 Å². The van der Waals surface area contributed by atoms with Crippen LogP contribution in [0.5, 0.6) is 0 Å². The number of fused-ring (bicyclic) bond motifs is 1. The van der Waals surface area contributed by atoms with Gasteiger partial charge in [-0.3, -0.25) is 9.36 Å². The molecule has 0 radical (unpaired) electrons. The van der Waals surface area contributed by atoms with Crippen molar-refractivity contribution >= 4 is 49.8 Å². The average molecular weight is 669 g/mol. The van der Waals surface area contributed by atoms with E-state index in [2.05, 4.69) is 15.6 Å². The Morgan fingerprint density at radius 2 is 1.76 bits per heavy atom. The van der Waals surface area contributed by atoms with Gasteiger partial charge in [0.25, 0.3) is 5.56 Å². The van der Waals surface area contributed by atoms with Gasteiger partial charge in [-0.25, -0.2) is 17.8 Å². The molecule has 0 saturated carbocycles. The number of nitrogens with one attached hydrogen (secondary N) is 2. The van der Waals surface area contributed by atoms with Crippen molar-refractivity contribution in [2.75, 3.05) is 62.8 Å². The first kappa shape index (κ1) is 31.0. The summed E-state index contributed by atoms with van der Waals surface area (Å²) in [5.41, 5.74) is 1.80. The van der Waals surface area contributed by atoms with E-state index in [-0.39, 0.29) is 33.3 Å². The fourth-order valence-electron chi connectivity index (χ4n) is 6.38. The minimum atomic E-state index is -3.61. The molecule has 2 aromatic carbocycles. The van der Waals surface area contributed by atoms with Gasteiger partial charge >= 0.3 is 0 Å². The summed E-state index contributed by atoms with van der Waals surface area (Å²) in [5.74, 6) is -0.136. The number of nitrogens with zero attached hydrogens (tertiary/aromatic N) is 4. The molecule has 1 atom stereocenters. The Morgan fingerprint density at radius 3 is 2.48 bits per heavy atom. The molecule has 0 amide bonds. The Bertz CT molecular complexity index is 1940. The number of sulfone groups is 1. The number of halogens is 2. The van der Waals surface area contributed by atoms with Crippen LogP contribution in [-0.2, 0) is 19.3 Å². The molecule has 242 valence electrons. The van der Waals surface area contributed by atoms with E-state index in [9.17, 15) is 13.2 Å². The van der Waals surface area contributed by atoms with E-state index in [0.29, 0.717) is 79.2 Å². The molecular formula is C32H34ClFN6O5S. The minimum absolute atomic E-state index is 0.120. The van der Waals surface area contributed by atoms with Gasteiger partial charge in [0, 0.05) is 79.4 Å². The van der Waals surface area contributed by atoms with Crippen molar-refractivity contribution in [1.82, 2.24) is 19.9 Å². The maximum atomic E-state index is 15.1. The molecule has 2 aromatic heterocycles. The first-order chi connectivity index (χ1) is 22.3. The lowest BCUT2D eigenvalue weighted by Crippen LogP contribution is -2.43. The smallest absolute Gasteiger partial charge is 0.260 e. The number of piperazine rings is 1. The van der Waals surface area contributed by atoms with Crippen LogP contribution in [0, 0.1) is 5.82 Å². The Labute approximate surface area is 270 Å². The van der Waals surface area contributed by atoms with Crippen molar-refractivity contribution in [2.45, 2.75) is 35.4 Å². The van der Waals surface area contributed by atoms with E-state index in [0.717, 1.165) is 26.2 Å². The molecule has 3 aliphatic heterocycles. The summed E-state index contributed by atoms with van der Waals surface area (Å²) >= 11 is 6.69. The van der Waals surface area contributed by atoms with Gasteiger partial charge in [-0.15, -0.1) is 0 Å². The van der Waals surface area contributed by atoms with E-state index in [1.165, 1.54) is 18.2 Å². The molecule has 14 heteroatoms. The van der Waals surface area contributed by atoms with E-state index in [1.54, 1.807) is 35.0 Å². The largest absolute Gasteiger partial charge is 0.381 e. The maximum Gasteiger partial charge on any atom is 0.260 e. The van der Waals surface area contributed by atoms with E-state index in [4.69, 9.17) is 26.1 Å². The second-order valence-electron chi connectivity index (χ2n) is 11.7. The van der Waals surface area contributed by atoms with Crippen LogP contribution in [0.1, 0.15) is 25.3 Å². The molecule has 3 fully saturated rings. The SMILES string of the molecule is O=c1c(-c2ccc(S(=O)(=O)C3CCOCC3)cc2Cl)cc2cnc(Nc3ccc(N4CCNCC4)c(F)c3)nc2n1C1CCOC1. The van der Waals surface area contributed by atoms with Gasteiger partial charge in [-0.1, -0.05) is 17.7 Å². The van der Waals surface area contributed by atoms with Gasteiger partial charge in [0.05, 0.1) is 28.5 Å². The van der Waals surface area contributed by atoms with Crippen LogP contribution in [0.25, 0.3) is 22.2 Å². The van der Waals surface area contributed by atoms with Crippen LogP contribution < -0.4 is 21.1 Å². The van der Waals surface area contributed by atoms with Crippen LogP contribution >= 0.6 is 11.6 Å². The quantitative estimate of drug-likeness (QED) is 0.294. The highest BCUT2D eigenvalue weighted by atomic mass is 35.5. The third-order valence-corrected chi connectivity index (χ3v) is 11.4. The summed E-state index contributed by atoms with van der Waals surface area (Å²) in [5, 5.41) is 6.55. The Kier molecular flexibility index (Phi) is 8.68. The second kappa shape index (κ2) is 12.9. The minimum Gasteiger partial charge on any atom is -0.381 e. The maximum absolute atomic E-state index is 15.1. The zero-order chi connectivity index (χ0) is 31.8. The number of rotatable bonds is 7. The van der Waals surface area contributed by atoms with Crippen molar-refractivity contribution in [3.8, 4) is 11.1 Å². The third kappa shape index (κ3) is 5.97. The first-order valence-electron chi connectivity index (χ1n) is 15.4. The van der Waals surface area contributed by atoms with Gasteiger partial charge in [0.1, 0.15) is 11.5 Å². The molecule has 4 aromatic rings. The van der Waals surface area contributed by atoms with Crippen LogP contribution in [0.2, 0.25) is 5.02 Å². The van der Waals surface area contributed by atoms with Crippen molar-refractivity contribution in [3.63, 3.8) is 0 Å². The number of hydrogen-bond acceptors (Lipinski definition) is 10. The third-order valence-electron chi connectivity index (χ3n) is 8.87. The zero-order valence-electron chi connectivity index (χ0n) is 25.0. The predicted octanol–water partition coefficient (Wildman–Crippen LogP) is 4.32. The molecule has 3 saturated heterocycles. The molecule has 7 rings (SSSR count). The summed E-state index contributed by atoms with van der Waals surface area (Å²) in [4.78, 5) is 25.4. The normalized spacial score (nSPS) is 19.5. The molecule has 3 aliphatic rings. The summed E-state index contributed by atoms with van der Waals surface area (Å²) in [6.07, 6.45) is 3.06. The van der Waals surface area contributed by atoms with Crippen LogP contribution in [0.4, 0.5) is 21.7 Å². The first-order valence-corrected chi connectivity index (χ1v) is 17.4. The number of hydrogen-bond donors (Lipinski definition) is 2. The number of anilines is 3. The Morgan fingerprint density at radius 1 is 0.978 bits per heavy atom. The van der Waals surface area contributed by atoms with E-state index in [1.807, 2.05) is 4.90 Å². The second-order valence-corrected chi connectivity index (χ2v) is 14.4. The van der Waals surface area contributed by atoms with Crippen molar-refractivity contribution in [2.24, 2.45) is 0 Å². The zero-order valence-corrected chi connectivity index (χ0v) is 26.6. The monoisotopic (exact) mass is 668 g/mol. The van der Waals surface area contributed by atoms with Gasteiger partial charge in [-0.05, 0) is 55.7 Å². The molecule has 5 heterocycles. The number of pyridine rings is 1. The number of aromatic nitrogens is 3. The molecule has 0 aliphatic carbocycles. The number of benzene rings is 2. The molecule has 2 N–H and O–H groups in total. The summed E-state index contributed by atoms with van der Waals surface area (Å²) in [6, 6.07) is 10.8. The topological polar surface area (TPSA) is 128 Å². The molecule has 0 bridgehead atoms. The van der Waals surface area contributed by atoms with Gasteiger partial charge in [0.2, 0.25) is 5.95 Å². The molecule has 46 heavy (non-hydrogen) atoms. The van der Waals surface area contributed by atoms with Gasteiger partial charge in [-0.2, -0.15) is 4.98 Å². The van der Waals surface area contributed by atoms with Crippen molar-refractivity contribution in [3.05, 3.63) is 69.9 Å². The Balaban J connectivity index is 1.23. The molecule has 11 nitrogen and oxygen atoms in total. The summed E-state index contributed by atoms with van der Waals surface area (Å²) in [7, 11) is -3.61. The highest BCUT2D eigenvalue weighted by molar-refractivity contribution is 7.92. The lowest BCUT2D eigenvalue weighted by Gasteiger charge is -2.29. The lowest BCUT2D eigenvalue weighted by atomic mass is 10.1. The molecule has 1 unspecified atom stereocenters. The molecule has 0 spiro atoms. The average Bonchev–Trinajstić information content (AvgIpc) is 3.60. The highest BCUT2D eigenvalue weighted by Crippen LogP contribution is 2.34. The van der Waals surface area contributed by atoms with Crippen molar-refractivity contribution in [1.29, 1.82) is 0 Å². The Hall–Kier alpha value is -3.62. The van der Waals surface area contributed by atoms with Crippen molar-refractivity contribution < 1.29 is 22.3 Å². The van der Waals surface area contributed by atoms with Gasteiger partial charge < -0.3 is 25.0 Å². The highest BCUT2D eigenvalue weighted by Gasteiger charge is 2.30. The summed E-state index contributed by atoms with van der Waals surface area (Å²) in [6.45, 7) is 4.69. The van der Waals surface area contributed by atoms with E-state index < -0.39 is 15.1 Å². The fraction of sp³-hybridized carbons (Fsp3) is 0.406. The van der Waals surface area contributed by atoms with Crippen LogP contribution in [-0.4, -0.2) is 80.8 Å². The fourth-order valence-corrected chi connectivity index (χ4v) is 8.47. The predicted molar refractivity (Wildman–Crippen MR) is 175 cm³/mol. The standard InChI is InChI=1S/C32H34ClFN6O5S/c33-27-17-24(46(42,43)23-6-13-44-14-7-23)2-3-25(27)26-15-20-18-36-32(38-30(20)40(31(26)41)22-5-12-45-19-22)37-21-1-4-29(28(34)16-21)39-10-8-35-9-11-39/h1-4,15-18,22-23,35H,5-14,19H2,(H,36,37,38). The lowest BCUT2D eigenvalue weighted by molar-refractivity contribution is 0.0983. The van der Waals surface area contributed by atoms with Crippen LogP contribution in [0.3, 0.4) is 0 Å². The number of ether oxygens (including phenoxy) is 2. The van der Waals surface area contributed by atoms with Crippen LogP contribution in [0.15, 0.2) is 58.4 Å². The summed E-state index contributed by atoms with van der Waals surface area (Å²) < 4.78 is 54.2. The van der Waals surface area contributed by atoms with E-state index >= 15 is 4.39 Å².